The van der Waals surface area contributed by atoms with Gasteiger partial charge in [0, 0.05) is 43.6 Å². The number of amides is 2. The van der Waals surface area contributed by atoms with Gasteiger partial charge in [-0.3, -0.25) is 4.79 Å². The average molecular weight is 370 g/mol. The largest absolute Gasteiger partial charge is 0.441 e. The first-order chi connectivity index (χ1) is 13.0. The zero-order valence-corrected chi connectivity index (χ0v) is 15.5. The fourth-order valence-corrected chi connectivity index (χ4v) is 3.66. The van der Waals surface area contributed by atoms with Crippen molar-refractivity contribution in [2.24, 2.45) is 7.05 Å². The van der Waals surface area contributed by atoms with E-state index in [1.165, 1.54) is 4.80 Å². The molecule has 0 saturated carbocycles. The molecule has 4 rings (SSSR count). The van der Waals surface area contributed by atoms with Crippen LogP contribution in [0.3, 0.4) is 0 Å². The third-order valence-corrected chi connectivity index (χ3v) is 5.28. The van der Waals surface area contributed by atoms with E-state index in [0.29, 0.717) is 50.4 Å². The van der Waals surface area contributed by atoms with E-state index in [1.807, 2.05) is 24.0 Å². The van der Waals surface area contributed by atoms with E-state index in [4.69, 9.17) is 4.74 Å². The summed E-state index contributed by atoms with van der Waals surface area (Å²) in [4.78, 5) is 29.6. The standard InChI is InChI=1S/C18H22N6O3/c1-3-23-12-18(27-17(23)26)8-10-24(11-9-18)16(25)14-6-4-13(5-7-14)15-19-21-22(2)20-15/h4-7H,3,8-12H2,1-2H3. The molecule has 27 heavy (non-hydrogen) atoms. The summed E-state index contributed by atoms with van der Waals surface area (Å²) in [5.74, 6) is 0.514. The Bertz CT molecular complexity index is 854. The SMILES string of the molecule is CCN1CC2(CCN(C(=O)c3ccc(-c4nnn(C)n4)cc3)CC2)OC1=O. The molecule has 0 unspecified atom stereocenters. The number of likely N-dealkylation sites (tertiary alicyclic amines) is 1. The summed E-state index contributed by atoms with van der Waals surface area (Å²) >= 11 is 0. The van der Waals surface area contributed by atoms with Crippen molar-refractivity contribution in [2.45, 2.75) is 25.4 Å². The molecule has 2 aliphatic rings. The van der Waals surface area contributed by atoms with Crippen molar-refractivity contribution in [3.63, 3.8) is 0 Å². The molecule has 2 fully saturated rings. The molecule has 0 radical (unpaired) electrons. The zero-order chi connectivity index (χ0) is 19.0. The number of aryl methyl sites for hydroxylation is 1. The Morgan fingerprint density at radius 1 is 1.22 bits per heavy atom. The Labute approximate surface area is 156 Å². The van der Waals surface area contributed by atoms with Gasteiger partial charge in [0.05, 0.1) is 13.6 Å². The lowest BCUT2D eigenvalue weighted by Gasteiger charge is -2.37. The number of aromatic nitrogens is 4. The quantitative estimate of drug-likeness (QED) is 0.809. The van der Waals surface area contributed by atoms with E-state index >= 15 is 0 Å². The molecule has 2 saturated heterocycles. The number of benzene rings is 1. The first-order valence-electron chi connectivity index (χ1n) is 9.11. The molecule has 0 bridgehead atoms. The molecular weight excluding hydrogens is 348 g/mol. The molecule has 3 heterocycles. The van der Waals surface area contributed by atoms with Gasteiger partial charge >= 0.3 is 6.09 Å². The lowest BCUT2D eigenvalue weighted by atomic mass is 9.91. The number of piperidine rings is 1. The first kappa shape index (κ1) is 17.4. The smallest absolute Gasteiger partial charge is 0.410 e. The first-order valence-corrected chi connectivity index (χ1v) is 9.11. The van der Waals surface area contributed by atoms with Crippen LogP contribution in [0.1, 0.15) is 30.1 Å². The van der Waals surface area contributed by atoms with Crippen LogP contribution in [-0.2, 0) is 11.8 Å². The normalized spacial score (nSPS) is 18.8. The van der Waals surface area contributed by atoms with E-state index in [-0.39, 0.29) is 12.0 Å². The molecule has 1 aromatic heterocycles. The summed E-state index contributed by atoms with van der Waals surface area (Å²) in [5, 5.41) is 11.9. The molecule has 2 amide bonds. The minimum atomic E-state index is -0.439. The van der Waals surface area contributed by atoms with Crippen molar-refractivity contribution in [1.29, 1.82) is 0 Å². The number of tetrazole rings is 1. The molecule has 0 N–H and O–H groups in total. The van der Waals surface area contributed by atoms with Gasteiger partial charge in [0.1, 0.15) is 5.60 Å². The van der Waals surface area contributed by atoms with Crippen molar-refractivity contribution in [2.75, 3.05) is 26.2 Å². The Kier molecular flexibility index (Phi) is 4.29. The highest BCUT2D eigenvalue weighted by Crippen LogP contribution is 2.33. The van der Waals surface area contributed by atoms with Crippen LogP contribution in [0, 0.1) is 0 Å². The summed E-state index contributed by atoms with van der Waals surface area (Å²) in [7, 11) is 1.71. The van der Waals surface area contributed by atoms with Crippen molar-refractivity contribution in [3.8, 4) is 11.4 Å². The minimum absolute atomic E-state index is 0.0137. The Morgan fingerprint density at radius 2 is 1.93 bits per heavy atom. The van der Waals surface area contributed by atoms with Gasteiger partial charge in [-0.05, 0) is 24.3 Å². The highest BCUT2D eigenvalue weighted by molar-refractivity contribution is 5.94. The monoisotopic (exact) mass is 370 g/mol. The number of nitrogens with zero attached hydrogens (tertiary/aromatic N) is 6. The fraction of sp³-hybridized carbons (Fsp3) is 0.500. The Morgan fingerprint density at radius 3 is 2.48 bits per heavy atom. The zero-order valence-electron chi connectivity index (χ0n) is 15.5. The van der Waals surface area contributed by atoms with Crippen LogP contribution in [0.25, 0.3) is 11.4 Å². The molecule has 0 atom stereocenters. The van der Waals surface area contributed by atoms with Crippen LogP contribution in [0.5, 0.6) is 0 Å². The van der Waals surface area contributed by atoms with E-state index in [0.717, 1.165) is 5.56 Å². The van der Waals surface area contributed by atoms with Crippen LogP contribution >= 0.6 is 0 Å². The van der Waals surface area contributed by atoms with Crippen LogP contribution in [0.4, 0.5) is 4.79 Å². The number of likely N-dealkylation sites (N-methyl/N-ethyl adjacent to an activating group) is 1. The Balaban J connectivity index is 1.40. The van der Waals surface area contributed by atoms with Crippen molar-refractivity contribution >= 4 is 12.0 Å². The molecule has 9 heteroatoms. The van der Waals surface area contributed by atoms with E-state index < -0.39 is 5.60 Å². The number of hydrogen-bond donors (Lipinski definition) is 0. The second kappa shape index (κ2) is 6.64. The van der Waals surface area contributed by atoms with Crippen LogP contribution in [-0.4, -0.2) is 73.8 Å². The number of carbonyl (C=O) groups is 2. The summed E-state index contributed by atoms with van der Waals surface area (Å²) in [6.45, 7) is 4.37. The molecule has 1 aromatic carbocycles. The number of ether oxygens (including phenoxy) is 1. The maximum Gasteiger partial charge on any atom is 0.410 e. The second-order valence-corrected chi connectivity index (χ2v) is 7.04. The van der Waals surface area contributed by atoms with Gasteiger partial charge in [-0.2, -0.15) is 4.80 Å². The van der Waals surface area contributed by atoms with Gasteiger partial charge in [-0.25, -0.2) is 4.79 Å². The lowest BCUT2D eigenvalue weighted by molar-refractivity contribution is 0.00314. The number of hydrogen-bond acceptors (Lipinski definition) is 6. The van der Waals surface area contributed by atoms with Crippen LogP contribution in [0.15, 0.2) is 24.3 Å². The highest BCUT2D eigenvalue weighted by atomic mass is 16.6. The molecule has 1 spiro atoms. The number of carbonyl (C=O) groups excluding carboxylic acids is 2. The molecule has 2 aromatic rings. The summed E-state index contributed by atoms with van der Waals surface area (Å²) < 4.78 is 5.62. The third kappa shape index (κ3) is 3.24. The second-order valence-electron chi connectivity index (χ2n) is 7.04. The van der Waals surface area contributed by atoms with Gasteiger partial charge in [0.2, 0.25) is 5.82 Å². The van der Waals surface area contributed by atoms with E-state index in [2.05, 4.69) is 15.4 Å². The maximum atomic E-state index is 12.8. The Hall–Kier alpha value is -2.97. The average Bonchev–Trinajstić information content (AvgIpc) is 3.25. The molecular formula is C18H22N6O3. The maximum absolute atomic E-state index is 12.8. The highest BCUT2D eigenvalue weighted by Gasteiger charge is 2.47. The van der Waals surface area contributed by atoms with Crippen molar-refractivity contribution in [1.82, 2.24) is 30.0 Å². The number of rotatable bonds is 3. The predicted molar refractivity (Wildman–Crippen MR) is 95.8 cm³/mol. The summed E-state index contributed by atoms with van der Waals surface area (Å²) in [5.41, 5.74) is 0.998. The van der Waals surface area contributed by atoms with Crippen molar-refractivity contribution < 1.29 is 14.3 Å². The van der Waals surface area contributed by atoms with Gasteiger partial charge in [0.15, 0.2) is 0 Å². The minimum Gasteiger partial charge on any atom is -0.441 e. The van der Waals surface area contributed by atoms with Gasteiger partial charge in [-0.15, -0.1) is 10.2 Å². The van der Waals surface area contributed by atoms with E-state index in [1.54, 1.807) is 24.1 Å². The molecule has 142 valence electrons. The summed E-state index contributed by atoms with van der Waals surface area (Å²) in [6, 6.07) is 7.22. The van der Waals surface area contributed by atoms with Gasteiger partial charge in [-0.1, -0.05) is 12.1 Å². The van der Waals surface area contributed by atoms with Crippen LogP contribution < -0.4 is 0 Å². The van der Waals surface area contributed by atoms with Crippen LogP contribution in [0.2, 0.25) is 0 Å². The van der Waals surface area contributed by atoms with Gasteiger partial charge in [0.25, 0.3) is 5.91 Å². The molecule has 9 nitrogen and oxygen atoms in total. The topological polar surface area (TPSA) is 93.5 Å². The summed E-state index contributed by atoms with van der Waals surface area (Å²) in [6.07, 6.45) is 1.09. The van der Waals surface area contributed by atoms with Gasteiger partial charge < -0.3 is 14.5 Å². The molecule has 0 aliphatic carbocycles. The third-order valence-electron chi connectivity index (χ3n) is 5.28. The van der Waals surface area contributed by atoms with E-state index in [9.17, 15) is 9.59 Å². The predicted octanol–water partition coefficient (Wildman–Crippen LogP) is 1.32. The van der Waals surface area contributed by atoms with Crippen molar-refractivity contribution in [3.05, 3.63) is 29.8 Å². The fourth-order valence-electron chi connectivity index (χ4n) is 3.66. The molecule has 2 aliphatic heterocycles. The lowest BCUT2D eigenvalue weighted by Crippen LogP contribution is -2.48.